The molecule has 0 N–H and O–H groups in total. The lowest BCUT2D eigenvalue weighted by atomic mass is 10.2. The van der Waals surface area contributed by atoms with Crippen LogP contribution in [0.25, 0.3) is 0 Å². The summed E-state index contributed by atoms with van der Waals surface area (Å²) >= 11 is 6.09. The molecule has 1 aromatic carbocycles. The molecule has 0 atom stereocenters. The molecule has 3 rings (SSSR count). The van der Waals surface area contributed by atoms with E-state index in [9.17, 15) is 8.42 Å². The molecule has 0 saturated carbocycles. The Labute approximate surface area is 158 Å². The van der Waals surface area contributed by atoms with E-state index in [1.165, 1.54) is 4.31 Å². The van der Waals surface area contributed by atoms with Crippen LogP contribution in [0.3, 0.4) is 0 Å². The molecule has 0 aliphatic carbocycles. The highest BCUT2D eigenvalue weighted by molar-refractivity contribution is 7.89. The zero-order valence-corrected chi connectivity index (χ0v) is 16.6. The highest BCUT2D eigenvalue weighted by atomic mass is 35.5. The Morgan fingerprint density at radius 1 is 1.27 bits per heavy atom. The van der Waals surface area contributed by atoms with Gasteiger partial charge >= 0.3 is 0 Å². The number of ether oxygens (including phenoxy) is 2. The van der Waals surface area contributed by atoms with E-state index in [4.69, 9.17) is 21.1 Å². The maximum atomic E-state index is 13.0. The van der Waals surface area contributed by atoms with Gasteiger partial charge in [0.1, 0.15) is 10.6 Å². The van der Waals surface area contributed by atoms with Crippen LogP contribution in [0, 0.1) is 13.8 Å². The van der Waals surface area contributed by atoms with Gasteiger partial charge in [0.05, 0.1) is 38.3 Å². The van der Waals surface area contributed by atoms with E-state index in [0.29, 0.717) is 55.0 Å². The summed E-state index contributed by atoms with van der Waals surface area (Å²) in [5, 5.41) is 5.04. The molecule has 0 bridgehead atoms. The number of hydrogen-bond donors (Lipinski definition) is 0. The fraction of sp³-hybridized carbons (Fsp3) is 0.471. The lowest BCUT2D eigenvalue weighted by Crippen LogP contribution is -2.41. The summed E-state index contributed by atoms with van der Waals surface area (Å²) in [4.78, 5) is 0.264. The van der Waals surface area contributed by atoms with Crippen molar-refractivity contribution >= 4 is 21.6 Å². The van der Waals surface area contributed by atoms with Crippen molar-refractivity contribution < 1.29 is 17.9 Å². The summed E-state index contributed by atoms with van der Waals surface area (Å²) < 4.78 is 39.9. The number of aromatic nitrogens is 2. The molecule has 1 aromatic heterocycles. The largest absolute Gasteiger partial charge is 0.496 e. The Morgan fingerprint density at radius 3 is 2.62 bits per heavy atom. The van der Waals surface area contributed by atoms with Crippen molar-refractivity contribution in [3.8, 4) is 5.75 Å². The number of methoxy groups -OCH3 is 1. The van der Waals surface area contributed by atoms with Crippen LogP contribution in [-0.2, 0) is 21.3 Å². The Bertz CT molecular complexity index is 905. The van der Waals surface area contributed by atoms with Crippen LogP contribution in [0.15, 0.2) is 23.1 Å². The number of aryl methyl sites for hydroxylation is 1. The summed E-state index contributed by atoms with van der Waals surface area (Å²) in [6.45, 7) is 5.38. The number of benzene rings is 1. The molecular formula is C17H22ClN3O4S. The molecule has 0 spiro atoms. The lowest BCUT2D eigenvalue weighted by Gasteiger charge is -2.26. The lowest BCUT2D eigenvalue weighted by molar-refractivity contribution is 0.0730. The highest BCUT2D eigenvalue weighted by Gasteiger charge is 2.32. The molecule has 2 heterocycles. The zero-order valence-electron chi connectivity index (χ0n) is 15.0. The fourth-order valence-electron chi connectivity index (χ4n) is 3.16. The number of rotatable bonds is 5. The van der Waals surface area contributed by atoms with Gasteiger partial charge in [-0.3, -0.25) is 4.68 Å². The van der Waals surface area contributed by atoms with Crippen molar-refractivity contribution in [2.24, 2.45) is 0 Å². The normalized spacial score (nSPS) is 16.0. The van der Waals surface area contributed by atoms with Crippen molar-refractivity contribution in [3.63, 3.8) is 0 Å². The quantitative estimate of drug-likeness (QED) is 0.770. The molecular weight excluding hydrogens is 378 g/mol. The van der Waals surface area contributed by atoms with E-state index in [0.717, 1.165) is 5.56 Å². The first-order valence-electron chi connectivity index (χ1n) is 8.29. The van der Waals surface area contributed by atoms with Gasteiger partial charge in [0.15, 0.2) is 0 Å². The predicted octanol–water partition coefficient (Wildman–Crippen LogP) is 2.23. The standard InChI is InChI=1S/C17H22ClN3O4S/c1-12-17(26(22,23)20-6-8-25-9-7-20)13(2)21(19-12)11-14-10-15(18)4-5-16(14)24-3/h4-5,10H,6-9,11H2,1-3H3. The number of halogens is 1. The molecule has 2 aromatic rings. The first kappa shape index (κ1) is 19.2. The molecule has 9 heteroatoms. The van der Waals surface area contributed by atoms with Crippen LogP contribution in [-0.4, -0.2) is 55.9 Å². The van der Waals surface area contributed by atoms with E-state index < -0.39 is 10.0 Å². The first-order valence-corrected chi connectivity index (χ1v) is 10.1. The van der Waals surface area contributed by atoms with Crippen LogP contribution in [0.4, 0.5) is 0 Å². The molecule has 1 fully saturated rings. The van der Waals surface area contributed by atoms with E-state index in [2.05, 4.69) is 5.10 Å². The van der Waals surface area contributed by atoms with Gasteiger partial charge in [0.2, 0.25) is 10.0 Å². The maximum absolute atomic E-state index is 13.0. The van der Waals surface area contributed by atoms with Crippen molar-refractivity contribution in [1.29, 1.82) is 0 Å². The van der Waals surface area contributed by atoms with Gasteiger partial charge in [-0.25, -0.2) is 8.42 Å². The zero-order chi connectivity index (χ0) is 18.9. The third-order valence-electron chi connectivity index (χ3n) is 4.45. The average Bonchev–Trinajstić information content (AvgIpc) is 2.90. The van der Waals surface area contributed by atoms with Gasteiger partial charge in [-0.05, 0) is 32.0 Å². The average molecular weight is 400 g/mol. The Morgan fingerprint density at radius 2 is 1.96 bits per heavy atom. The van der Waals surface area contributed by atoms with E-state index in [1.807, 2.05) is 0 Å². The Balaban J connectivity index is 1.97. The SMILES string of the molecule is COc1ccc(Cl)cc1Cn1nc(C)c(S(=O)(=O)N2CCOCC2)c1C. The second-order valence-electron chi connectivity index (χ2n) is 6.13. The molecule has 1 aliphatic heterocycles. The number of nitrogens with zero attached hydrogens (tertiary/aromatic N) is 3. The summed E-state index contributed by atoms with van der Waals surface area (Å²) in [7, 11) is -2.02. The second kappa shape index (κ2) is 7.56. The smallest absolute Gasteiger partial charge is 0.246 e. The summed E-state index contributed by atoms with van der Waals surface area (Å²) in [5.41, 5.74) is 1.91. The van der Waals surface area contributed by atoms with Crippen LogP contribution in [0.5, 0.6) is 5.75 Å². The maximum Gasteiger partial charge on any atom is 0.246 e. The molecule has 26 heavy (non-hydrogen) atoms. The highest BCUT2D eigenvalue weighted by Crippen LogP contribution is 2.27. The minimum atomic E-state index is -3.61. The monoisotopic (exact) mass is 399 g/mol. The summed E-state index contributed by atoms with van der Waals surface area (Å²) in [6, 6.07) is 5.33. The molecule has 1 aliphatic rings. The molecule has 0 amide bonds. The molecule has 1 saturated heterocycles. The van der Waals surface area contributed by atoms with Crippen molar-refractivity contribution in [2.45, 2.75) is 25.3 Å². The predicted molar refractivity (Wildman–Crippen MR) is 98.4 cm³/mol. The fourth-order valence-corrected chi connectivity index (χ4v) is 5.13. The van der Waals surface area contributed by atoms with Gasteiger partial charge in [0.25, 0.3) is 0 Å². The molecule has 0 unspecified atom stereocenters. The van der Waals surface area contributed by atoms with Crippen molar-refractivity contribution in [2.75, 3.05) is 33.4 Å². The van der Waals surface area contributed by atoms with Crippen LogP contribution < -0.4 is 4.74 Å². The third-order valence-corrected chi connectivity index (χ3v) is 6.83. The first-order chi connectivity index (χ1) is 12.3. The molecule has 7 nitrogen and oxygen atoms in total. The summed E-state index contributed by atoms with van der Waals surface area (Å²) in [6.07, 6.45) is 0. The van der Waals surface area contributed by atoms with E-state index >= 15 is 0 Å². The van der Waals surface area contributed by atoms with Gasteiger partial charge in [-0.1, -0.05) is 11.6 Å². The van der Waals surface area contributed by atoms with Crippen LogP contribution >= 0.6 is 11.6 Å². The van der Waals surface area contributed by atoms with Crippen molar-refractivity contribution in [3.05, 3.63) is 40.2 Å². The molecule has 0 radical (unpaired) electrons. The number of hydrogen-bond acceptors (Lipinski definition) is 5. The van der Waals surface area contributed by atoms with Gasteiger partial charge in [-0.2, -0.15) is 9.40 Å². The minimum Gasteiger partial charge on any atom is -0.496 e. The summed E-state index contributed by atoms with van der Waals surface area (Å²) in [5.74, 6) is 0.680. The van der Waals surface area contributed by atoms with Gasteiger partial charge < -0.3 is 9.47 Å². The minimum absolute atomic E-state index is 0.264. The van der Waals surface area contributed by atoms with E-state index in [-0.39, 0.29) is 4.90 Å². The van der Waals surface area contributed by atoms with Gasteiger partial charge in [0, 0.05) is 23.7 Å². The van der Waals surface area contributed by atoms with E-state index in [1.54, 1.807) is 43.8 Å². The third kappa shape index (κ3) is 3.59. The topological polar surface area (TPSA) is 73.7 Å². The number of sulfonamides is 1. The van der Waals surface area contributed by atoms with Crippen LogP contribution in [0.1, 0.15) is 17.0 Å². The van der Waals surface area contributed by atoms with Crippen molar-refractivity contribution in [1.82, 2.24) is 14.1 Å². The van der Waals surface area contributed by atoms with Crippen LogP contribution in [0.2, 0.25) is 5.02 Å². The Kier molecular flexibility index (Phi) is 5.57. The van der Waals surface area contributed by atoms with Gasteiger partial charge in [-0.15, -0.1) is 0 Å². The molecule has 142 valence electrons. The second-order valence-corrected chi connectivity index (χ2v) is 8.44. The number of morpholine rings is 1. The Hall–Kier alpha value is -1.61.